The van der Waals surface area contributed by atoms with Gasteiger partial charge in [0.2, 0.25) is 0 Å². The molecule has 0 radical (unpaired) electrons. The Morgan fingerprint density at radius 1 is 1.62 bits per heavy atom. The van der Waals surface area contributed by atoms with Crippen molar-refractivity contribution in [3.63, 3.8) is 0 Å². The van der Waals surface area contributed by atoms with Crippen molar-refractivity contribution in [1.29, 1.82) is 0 Å². The highest BCUT2D eigenvalue weighted by atomic mass is 35.5. The van der Waals surface area contributed by atoms with Gasteiger partial charge in [0, 0.05) is 12.4 Å². The van der Waals surface area contributed by atoms with E-state index in [9.17, 15) is 8.42 Å². The number of nitrogens with zero attached hydrogens (tertiary/aromatic N) is 1. The van der Waals surface area contributed by atoms with E-state index in [1.807, 2.05) is 4.89 Å². The van der Waals surface area contributed by atoms with Gasteiger partial charge < -0.3 is 0 Å². The maximum absolute atomic E-state index is 11.3. The molecule has 0 unspecified atom stereocenters. The minimum Gasteiger partial charge on any atom is -0.290 e. The number of rotatable bonds is 3. The molecule has 5 nitrogen and oxygen atoms in total. The second kappa shape index (κ2) is 4.01. The first kappa shape index (κ1) is 10.4. The Labute approximate surface area is 80.7 Å². The molecule has 0 saturated carbocycles. The van der Waals surface area contributed by atoms with Crippen molar-refractivity contribution in [3.05, 3.63) is 23.5 Å². The van der Waals surface area contributed by atoms with Gasteiger partial charge in [-0.15, -0.1) is 0 Å². The van der Waals surface area contributed by atoms with Crippen LogP contribution in [0.1, 0.15) is 0 Å². The molecule has 0 aromatic carbocycles. The van der Waals surface area contributed by atoms with Gasteiger partial charge in [-0.2, -0.15) is 0 Å². The first-order chi connectivity index (χ1) is 6.08. The summed E-state index contributed by atoms with van der Waals surface area (Å²) >= 11 is 5.63. The van der Waals surface area contributed by atoms with E-state index in [2.05, 4.69) is 9.82 Å². The minimum atomic E-state index is -3.71. The molecule has 0 aliphatic rings. The summed E-state index contributed by atoms with van der Waals surface area (Å²) in [5, 5.41) is 0.0968. The van der Waals surface area contributed by atoms with Crippen LogP contribution in [0.4, 0.5) is 0 Å². The summed E-state index contributed by atoms with van der Waals surface area (Å²) < 4.78 is 22.6. The Balaban J connectivity index is 3.15. The van der Waals surface area contributed by atoms with E-state index < -0.39 is 10.0 Å². The lowest BCUT2D eigenvalue weighted by atomic mass is 10.5. The quantitative estimate of drug-likeness (QED) is 0.760. The largest absolute Gasteiger partial charge is 0.290 e. The van der Waals surface area contributed by atoms with Crippen molar-refractivity contribution < 1.29 is 13.3 Å². The molecular weight excluding hydrogens is 216 g/mol. The molecule has 13 heavy (non-hydrogen) atoms. The molecule has 0 amide bonds. The molecule has 0 aliphatic carbocycles. The van der Waals surface area contributed by atoms with Crippen molar-refractivity contribution >= 4 is 21.6 Å². The Morgan fingerprint density at radius 3 is 2.85 bits per heavy atom. The van der Waals surface area contributed by atoms with Gasteiger partial charge in [0.05, 0.1) is 12.1 Å². The molecule has 72 valence electrons. The van der Waals surface area contributed by atoms with Gasteiger partial charge in [0.1, 0.15) is 4.90 Å². The predicted molar refractivity (Wildman–Crippen MR) is 46.6 cm³/mol. The lowest BCUT2D eigenvalue weighted by Crippen LogP contribution is -2.22. The predicted octanol–water partition coefficient (Wildman–Crippen LogP) is 0.575. The standard InChI is InChI=1S/C6H7ClN2O3S/c1-12-9-13(10,11)6-4-8-3-2-5(6)7/h2-4,9H,1H3. The third-order valence-corrected chi connectivity index (χ3v) is 2.95. The molecule has 1 aromatic heterocycles. The van der Waals surface area contributed by atoms with Crippen LogP contribution in [0.25, 0.3) is 0 Å². The summed E-state index contributed by atoms with van der Waals surface area (Å²) in [7, 11) is -2.51. The molecule has 1 rings (SSSR count). The second-order valence-electron chi connectivity index (χ2n) is 2.10. The van der Waals surface area contributed by atoms with Gasteiger partial charge in [-0.3, -0.25) is 9.82 Å². The zero-order valence-corrected chi connectivity index (χ0v) is 8.26. The molecule has 1 heterocycles. The summed E-state index contributed by atoms with van der Waals surface area (Å²) in [5.41, 5.74) is 0. The van der Waals surface area contributed by atoms with Crippen LogP contribution in [0.5, 0.6) is 0 Å². The number of hydrogen-bond acceptors (Lipinski definition) is 4. The fourth-order valence-electron chi connectivity index (χ4n) is 0.715. The van der Waals surface area contributed by atoms with Crippen LogP contribution in [0, 0.1) is 0 Å². The van der Waals surface area contributed by atoms with Crippen LogP contribution < -0.4 is 4.89 Å². The van der Waals surface area contributed by atoms with Crippen LogP contribution in [0.2, 0.25) is 5.02 Å². The highest BCUT2D eigenvalue weighted by Gasteiger charge is 2.17. The van der Waals surface area contributed by atoms with Crippen molar-refractivity contribution in [2.75, 3.05) is 7.11 Å². The van der Waals surface area contributed by atoms with Gasteiger partial charge in [-0.1, -0.05) is 16.5 Å². The molecule has 1 aromatic rings. The summed E-state index contributed by atoms with van der Waals surface area (Å²) in [6, 6.07) is 1.38. The number of nitrogens with one attached hydrogen (secondary N) is 1. The van der Waals surface area contributed by atoms with Crippen molar-refractivity contribution in [1.82, 2.24) is 9.87 Å². The molecule has 7 heteroatoms. The van der Waals surface area contributed by atoms with Crippen molar-refractivity contribution in [2.24, 2.45) is 0 Å². The zero-order chi connectivity index (χ0) is 9.90. The maximum Gasteiger partial charge on any atom is 0.265 e. The van der Waals surface area contributed by atoms with Crippen LogP contribution >= 0.6 is 11.6 Å². The van der Waals surface area contributed by atoms with Crippen LogP contribution in [-0.2, 0) is 14.9 Å². The topological polar surface area (TPSA) is 68.3 Å². The van der Waals surface area contributed by atoms with Gasteiger partial charge in [-0.25, -0.2) is 8.42 Å². The molecular formula is C6H7ClN2O3S. The van der Waals surface area contributed by atoms with Crippen LogP contribution in [0.3, 0.4) is 0 Å². The van der Waals surface area contributed by atoms with E-state index >= 15 is 0 Å². The Kier molecular flexibility index (Phi) is 3.21. The van der Waals surface area contributed by atoms with E-state index in [1.54, 1.807) is 0 Å². The number of hydrogen-bond donors (Lipinski definition) is 1. The van der Waals surface area contributed by atoms with Crippen molar-refractivity contribution in [2.45, 2.75) is 4.90 Å². The van der Waals surface area contributed by atoms with Gasteiger partial charge in [0.15, 0.2) is 0 Å². The summed E-state index contributed by atoms with van der Waals surface area (Å²) in [4.78, 5) is 9.64. The fraction of sp³-hybridized carbons (Fsp3) is 0.167. The summed E-state index contributed by atoms with van der Waals surface area (Å²) in [6.07, 6.45) is 2.54. The van der Waals surface area contributed by atoms with E-state index in [1.165, 1.54) is 19.4 Å². The monoisotopic (exact) mass is 222 g/mol. The van der Waals surface area contributed by atoms with Gasteiger partial charge in [-0.05, 0) is 6.07 Å². The number of pyridine rings is 1. The number of aromatic nitrogens is 1. The average molecular weight is 223 g/mol. The van der Waals surface area contributed by atoms with E-state index in [4.69, 9.17) is 11.6 Å². The maximum atomic E-state index is 11.3. The van der Waals surface area contributed by atoms with Gasteiger partial charge in [0.25, 0.3) is 10.0 Å². The highest BCUT2D eigenvalue weighted by Crippen LogP contribution is 2.18. The lowest BCUT2D eigenvalue weighted by molar-refractivity contribution is 0.153. The minimum absolute atomic E-state index is 0.0968. The van der Waals surface area contributed by atoms with Crippen LogP contribution in [-0.4, -0.2) is 20.5 Å². The third kappa shape index (κ3) is 2.38. The molecule has 0 saturated heterocycles. The normalized spacial score (nSPS) is 11.5. The smallest absolute Gasteiger partial charge is 0.265 e. The number of halogens is 1. The summed E-state index contributed by atoms with van der Waals surface area (Å²) in [5.74, 6) is 0. The van der Waals surface area contributed by atoms with E-state index in [-0.39, 0.29) is 9.92 Å². The van der Waals surface area contributed by atoms with Crippen molar-refractivity contribution in [3.8, 4) is 0 Å². The molecule has 0 atom stereocenters. The lowest BCUT2D eigenvalue weighted by Gasteiger charge is -2.04. The third-order valence-electron chi connectivity index (χ3n) is 1.22. The second-order valence-corrected chi connectivity index (χ2v) is 4.12. The van der Waals surface area contributed by atoms with E-state index in [0.29, 0.717) is 0 Å². The molecule has 0 fully saturated rings. The Morgan fingerprint density at radius 2 is 2.31 bits per heavy atom. The fourth-order valence-corrected chi connectivity index (χ4v) is 1.96. The molecule has 0 aliphatic heterocycles. The molecule has 0 bridgehead atoms. The average Bonchev–Trinajstić information content (AvgIpc) is 2.04. The molecule has 1 N–H and O–H groups in total. The Bertz CT molecular complexity index is 393. The first-order valence-corrected chi connectivity index (χ1v) is 5.08. The zero-order valence-electron chi connectivity index (χ0n) is 6.69. The van der Waals surface area contributed by atoms with Gasteiger partial charge >= 0.3 is 0 Å². The van der Waals surface area contributed by atoms with E-state index in [0.717, 1.165) is 6.20 Å². The Hall–Kier alpha value is -0.690. The SMILES string of the molecule is CONS(=O)(=O)c1cnccc1Cl. The summed E-state index contributed by atoms with van der Waals surface area (Å²) in [6.45, 7) is 0. The van der Waals surface area contributed by atoms with Crippen LogP contribution in [0.15, 0.2) is 23.4 Å². The molecule has 0 spiro atoms. The number of sulfonamides is 1. The highest BCUT2D eigenvalue weighted by molar-refractivity contribution is 7.89. The first-order valence-electron chi connectivity index (χ1n) is 3.22.